The van der Waals surface area contributed by atoms with Crippen LogP contribution in [0.3, 0.4) is 0 Å². The average Bonchev–Trinajstić information content (AvgIpc) is 3.13. The third-order valence-corrected chi connectivity index (χ3v) is 4.49. The van der Waals surface area contributed by atoms with Crippen LogP contribution in [0, 0.1) is 0 Å². The number of guanidine groups is 1. The van der Waals surface area contributed by atoms with Crippen LogP contribution < -0.4 is 10.6 Å². The van der Waals surface area contributed by atoms with E-state index in [0.29, 0.717) is 6.54 Å². The lowest BCUT2D eigenvalue weighted by Crippen LogP contribution is -2.38. The number of imidazole rings is 1. The zero-order chi connectivity index (χ0) is 18.9. The molecule has 6 heteroatoms. The molecule has 0 spiro atoms. The van der Waals surface area contributed by atoms with Gasteiger partial charge in [-0.1, -0.05) is 54.1 Å². The first-order valence-electron chi connectivity index (χ1n) is 8.97. The van der Waals surface area contributed by atoms with Gasteiger partial charge in [0.05, 0.1) is 0 Å². The molecule has 3 aromatic rings. The summed E-state index contributed by atoms with van der Waals surface area (Å²) in [5, 5.41) is 7.39. The van der Waals surface area contributed by atoms with Gasteiger partial charge in [-0.25, -0.2) is 4.98 Å². The van der Waals surface area contributed by atoms with Crippen LogP contribution in [-0.2, 0) is 19.5 Å². The molecule has 0 unspecified atom stereocenters. The van der Waals surface area contributed by atoms with Crippen molar-refractivity contribution in [3.05, 3.63) is 89.0 Å². The molecule has 0 aliphatic carbocycles. The van der Waals surface area contributed by atoms with Crippen LogP contribution >= 0.6 is 11.6 Å². The molecule has 2 aromatic carbocycles. The number of benzene rings is 2. The van der Waals surface area contributed by atoms with Gasteiger partial charge in [-0.15, -0.1) is 0 Å². The summed E-state index contributed by atoms with van der Waals surface area (Å²) in [5.41, 5.74) is 2.42. The fraction of sp³-hybridized carbons (Fsp3) is 0.238. The summed E-state index contributed by atoms with van der Waals surface area (Å²) >= 11 is 5.92. The van der Waals surface area contributed by atoms with Crippen LogP contribution in [-0.4, -0.2) is 29.1 Å². The highest BCUT2D eigenvalue weighted by atomic mass is 35.5. The Morgan fingerprint density at radius 2 is 1.81 bits per heavy atom. The van der Waals surface area contributed by atoms with E-state index in [-0.39, 0.29) is 0 Å². The molecule has 27 heavy (non-hydrogen) atoms. The number of nitrogens with one attached hydrogen (secondary N) is 2. The standard InChI is InChI=1S/C21H24ClN5/c1-23-21(26-15-17-7-9-19(22)10-8-17)25-12-11-20-24-13-14-27(20)16-18-5-3-2-4-6-18/h2-10,13-14H,11-12,15-16H2,1H3,(H2,23,25,26). The largest absolute Gasteiger partial charge is 0.356 e. The Balaban J connectivity index is 1.47. The number of hydrogen-bond acceptors (Lipinski definition) is 2. The third-order valence-electron chi connectivity index (χ3n) is 4.24. The minimum Gasteiger partial charge on any atom is -0.356 e. The molecule has 2 N–H and O–H groups in total. The SMILES string of the molecule is CN=C(NCCc1nccn1Cc1ccccc1)NCc1ccc(Cl)cc1. The smallest absolute Gasteiger partial charge is 0.191 e. The molecule has 0 aliphatic heterocycles. The van der Waals surface area contributed by atoms with Crippen molar-refractivity contribution in [2.24, 2.45) is 4.99 Å². The van der Waals surface area contributed by atoms with Crippen molar-refractivity contribution in [3.63, 3.8) is 0 Å². The van der Waals surface area contributed by atoms with E-state index < -0.39 is 0 Å². The van der Waals surface area contributed by atoms with E-state index in [1.54, 1.807) is 7.05 Å². The Morgan fingerprint density at radius 1 is 1.04 bits per heavy atom. The summed E-state index contributed by atoms with van der Waals surface area (Å²) in [4.78, 5) is 8.76. The van der Waals surface area contributed by atoms with Crippen molar-refractivity contribution in [3.8, 4) is 0 Å². The average molecular weight is 382 g/mol. The molecule has 1 aromatic heterocycles. The molecule has 3 rings (SSSR count). The van der Waals surface area contributed by atoms with Gasteiger partial charge in [0.15, 0.2) is 5.96 Å². The predicted molar refractivity (Wildman–Crippen MR) is 111 cm³/mol. The third kappa shape index (κ3) is 5.86. The normalized spacial score (nSPS) is 11.4. The summed E-state index contributed by atoms with van der Waals surface area (Å²) in [7, 11) is 1.77. The maximum atomic E-state index is 5.92. The first kappa shape index (κ1) is 19.0. The summed E-state index contributed by atoms with van der Waals surface area (Å²) in [6.45, 7) is 2.28. The predicted octanol–water partition coefficient (Wildman–Crippen LogP) is 3.49. The van der Waals surface area contributed by atoms with Gasteiger partial charge < -0.3 is 15.2 Å². The lowest BCUT2D eigenvalue weighted by Gasteiger charge is -2.13. The van der Waals surface area contributed by atoms with Gasteiger partial charge in [0.1, 0.15) is 5.82 Å². The fourth-order valence-corrected chi connectivity index (χ4v) is 2.92. The zero-order valence-electron chi connectivity index (χ0n) is 15.4. The maximum Gasteiger partial charge on any atom is 0.191 e. The maximum absolute atomic E-state index is 5.92. The molecule has 0 bridgehead atoms. The molecule has 1 heterocycles. The number of halogens is 1. The minimum absolute atomic E-state index is 0.694. The van der Waals surface area contributed by atoms with E-state index in [0.717, 1.165) is 41.9 Å². The van der Waals surface area contributed by atoms with Crippen LogP contribution in [0.2, 0.25) is 5.02 Å². The van der Waals surface area contributed by atoms with Crippen molar-refractivity contribution in [2.45, 2.75) is 19.5 Å². The molecule has 140 valence electrons. The first-order valence-corrected chi connectivity index (χ1v) is 9.35. The molecule has 0 amide bonds. The Morgan fingerprint density at radius 3 is 2.56 bits per heavy atom. The van der Waals surface area contributed by atoms with Crippen LogP contribution in [0.15, 0.2) is 72.0 Å². The molecular formula is C21H24ClN5. The molecular weight excluding hydrogens is 358 g/mol. The van der Waals surface area contributed by atoms with Crippen molar-refractivity contribution in [1.82, 2.24) is 20.2 Å². The quantitative estimate of drug-likeness (QED) is 0.486. The number of nitrogens with zero attached hydrogens (tertiary/aromatic N) is 3. The van der Waals surface area contributed by atoms with Crippen molar-refractivity contribution in [1.29, 1.82) is 0 Å². The highest BCUT2D eigenvalue weighted by molar-refractivity contribution is 6.30. The second-order valence-electron chi connectivity index (χ2n) is 6.19. The van der Waals surface area contributed by atoms with Crippen LogP contribution in [0.5, 0.6) is 0 Å². The van der Waals surface area contributed by atoms with Crippen LogP contribution in [0.1, 0.15) is 17.0 Å². The minimum atomic E-state index is 0.694. The van der Waals surface area contributed by atoms with Gasteiger partial charge in [-0.05, 0) is 23.3 Å². The first-order chi connectivity index (χ1) is 13.2. The van der Waals surface area contributed by atoms with E-state index in [9.17, 15) is 0 Å². The number of rotatable bonds is 7. The van der Waals surface area contributed by atoms with Crippen molar-refractivity contribution >= 4 is 17.6 Å². The number of aliphatic imine (C=N–C) groups is 1. The van der Waals surface area contributed by atoms with Gasteiger partial charge >= 0.3 is 0 Å². The van der Waals surface area contributed by atoms with Crippen LogP contribution in [0.25, 0.3) is 0 Å². The highest BCUT2D eigenvalue weighted by Gasteiger charge is 2.05. The highest BCUT2D eigenvalue weighted by Crippen LogP contribution is 2.09. The van der Waals surface area contributed by atoms with Crippen molar-refractivity contribution in [2.75, 3.05) is 13.6 Å². The Bertz CT molecular complexity index is 856. The summed E-state index contributed by atoms with van der Waals surface area (Å²) < 4.78 is 2.18. The fourth-order valence-electron chi connectivity index (χ4n) is 2.79. The van der Waals surface area contributed by atoms with E-state index in [2.05, 4.69) is 49.4 Å². The van der Waals surface area contributed by atoms with E-state index in [4.69, 9.17) is 11.6 Å². The number of aromatic nitrogens is 2. The monoisotopic (exact) mass is 381 g/mol. The summed E-state index contributed by atoms with van der Waals surface area (Å²) in [6, 6.07) is 18.2. The Labute approximate surface area is 165 Å². The van der Waals surface area contributed by atoms with Crippen molar-refractivity contribution < 1.29 is 0 Å². The summed E-state index contributed by atoms with van der Waals surface area (Å²) in [5.74, 6) is 1.82. The second kappa shape index (κ2) is 9.78. The molecule has 5 nitrogen and oxygen atoms in total. The van der Waals surface area contributed by atoms with Gasteiger partial charge in [-0.3, -0.25) is 4.99 Å². The lowest BCUT2D eigenvalue weighted by molar-refractivity contribution is 0.694. The second-order valence-corrected chi connectivity index (χ2v) is 6.62. The van der Waals surface area contributed by atoms with Gasteiger partial charge in [0.25, 0.3) is 0 Å². The molecule has 0 fully saturated rings. The van der Waals surface area contributed by atoms with Gasteiger partial charge in [-0.2, -0.15) is 0 Å². The van der Waals surface area contributed by atoms with E-state index in [1.165, 1.54) is 5.56 Å². The molecule has 0 radical (unpaired) electrons. The molecule has 0 saturated carbocycles. The van der Waals surface area contributed by atoms with E-state index >= 15 is 0 Å². The lowest BCUT2D eigenvalue weighted by atomic mass is 10.2. The Kier molecular flexibility index (Phi) is 6.88. The van der Waals surface area contributed by atoms with Gasteiger partial charge in [0, 0.05) is 50.5 Å². The zero-order valence-corrected chi connectivity index (χ0v) is 16.2. The molecule has 0 saturated heterocycles. The topological polar surface area (TPSA) is 54.2 Å². The van der Waals surface area contributed by atoms with Crippen LogP contribution in [0.4, 0.5) is 0 Å². The van der Waals surface area contributed by atoms with E-state index in [1.807, 2.05) is 42.7 Å². The van der Waals surface area contributed by atoms with Gasteiger partial charge in [0.2, 0.25) is 0 Å². The molecule has 0 aliphatic rings. The summed E-state index contributed by atoms with van der Waals surface area (Å²) in [6.07, 6.45) is 4.70. The molecule has 0 atom stereocenters. The Hall–Kier alpha value is -2.79. The number of hydrogen-bond donors (Lipinski definition) is 2.